The number of fused-ring (bicyclic) bond motifs is 9. The van der Waals surface area contributed by atoms with Crippen molar-refractivity contribution in [2.45, 2.75) is 183 Å². The molecule has 0 saturated heterocycles. The standard InChI is InChI=1S/C53H73B/c1-15-51(13,27-17-19-34(3)4)37-22-24-40-41-25-23-38(52(14,16-2)28-18-20-35(5)6)31-44(41)53(43(40)30-37)45-29-36(49(7,8)9)21-26-42(45)48-46(53)32-39(33-47(48)54)50(10,11)12/h22-25,29-35H,15-21,26-28H2,1-14H3. The molecule has 0 bridgehead atoms. The van der Waals surface area contributed by atoms with Crippen molar-refractivity contribution in [1.29, 1.82) is 0 Å². The fourth-order valence-corrected chi connectivity index (χ4v) is 10.3. The molecular formula is C53H73B. The summed E-state index contributed by atoms with van der Waals surface area (Å²) in [6, 6.07) is 20.3. The molecule has 0 fully saturated rings. The summed E-state index contributed by atoms with van der Waals surface area (Å²) in [6.45, 7) is 33.6. The minimum Gasteiger partial charge on any atom is -0.0887 e. The third-order valence-electron chi connectivity index (χ3n) is 14.5. The van der Waals surface area contributed by atoms with E-state index in [1.807, 2.05) is 0 Å². The molecule has 3 aliphatic carbocycles. The Kier molecular flexibility index (Phi) is 11.1. The van der Waals surface area contributed by atoms with Gasteiger partial charge in [-0.2, -0.15) is 0 Å². The maximum atomic E-state index is 7.33. The van der Waals surface area contributed by atoms with Crippen LogP contribution in [0.2, 0.25) is 0 Å². The molecule has 0 amide bonds. The van der Waals surface area contributed by atoms with Gasteiger partial charge < -0.3 is 0 Å². The molecule has 3 aromatic rings. The van der Waals surface area contributed by atoms with Crippen LogP contribution in [0, 0.1) is 17.3 Å². The molecule has 0 heterocycles. The summed E-state index contributed by atoms with van der Waals surface area (Å²) in [5, 5.41) is 0. The number of allylic oxidation sites excluding steroid dienone is 4. The molecule has 6 rings (SSSR count). The summed E-state index contributed by atoms with van der Waals surface area (Å²) >= 11 is 0. The molecule has 3 aromatic carbocycles. The van der Waals surface area contributed by atoms with E-state index in [9.17, 15) is 0 Å². The van der Waals surface area contributed by atoms with E-state index in [4.69, 9.17) is 7.85 Å². The molecule has 1 heteroatoms. The zero-order valence-electron chi connectivity index (χ0n) is 37.0. The molecule has 2 unspecified atom stereocenters. The average molecular weight is 721 g/mol. The Bertz CT molecular complexity index is 1870. The summed E-state index contributed by atoms with van der Waals surface area (Å²) in [7, 11) is 7.33. The van der Waals surface area contributed by atoms with Crippen LogP contribution in [0.15, 0.2) is 65.8 Å². The van der Waals surface area contributed by atoms with E-state index in [0.717, 1.165) is 43.0 Å². The Morgan fingerprint density at radius 2 is 1.09 bits per heavy atom. The molecule has 0 nitrogen and oxygen atoms in total. The van der Waals surface area contributed by atoms with Crippen LogP contribution in [-0.2, 0) is 21.7 Å². The lowest BCUT2D eigenvalue weighted by atomic mass is 9.64. The fourth-order valence-electron chi connectivity index (χ4n) is 10.3. The van der Waals surface area contributed by atoms with E-state index in [-0.39, 0.29) is 21.7 Å². The minimum absolute atomic E-state index is 0.0256. The largest absolute Gasteiger partial charge is 0.114 e. The molecule has 2 radical (unpaired) electrons. The maximum absolute atomic E-state index is 7.33. The Labute approximate surface area is 333 Å². The zero-order valence-corrected chi connectivity index (χ0v) is 37.0. The number of hydrogen-bond acceptors (Lipinski definition) is 0. The van der Waals surface area contributed by atoms with Gasteiger partial charge in [0, 0.05) is 0 Å². The Morgan fingerprint density at radius 1 is 0.611 bits per heavy atom. The van der Waals surface area contributed by atoms with Crippen LogP contribution < -0.4 is 5.46 Å². The first-order chi connectivity index (χ1) is 25.2. The van der Waals surface area contributed by atoms with E-state index >= 15 is 0 Å². The lowest BCUT2D eigenvalue weighted by molar-refractivity contribution is 0.382. The first kappa shape index (κ1) is 40.9. The van der Waals surface area contributed by atoms with Crippen molar-refractivity contribution < 1.29 is 0 Å². The molecule has 0 aromatic heterocycles. The van der Waals surface area contributed by atoms with Gasteiger partial charge in [0.2, 0.25) is 0 Å². The van der Waals surface area contributed by atoms with E-state index in [1.54, 1.807) is 5.57 Å². The van der Waals surface area contributed by atoms with Gasteiger partial charge in [0.05, 0.1) is 5.41 Å². The topological polar surface area (TPSA) is 0 Å². The first-order valence-corrected chi connectivity index (χ1v) is 21.9. The van der Waals surface area contributed by atoms with Gasteiger partial charge in [-0.25, -0.2) is 0 Å². The molecular weight excluding hydrogens is 647 g/mol. The zero-order chi connectivity index (χ0) is 39.6. The molecule has 0 N–H and O–H groups in total. The van der Waals surface area contributed by atoms with E-state index in [1.165, 1.54) is 99.7 Å². The van der Waals surface area contributed by atoms with Gasteiger partial charge in [-0.1, -0.05) is 188 Å². The van der Waals surface area contributed by atoms with Crippen LogP contribution in [0.25, 0.3) is 16.7 Å². The summed E-state index contributed by atoms with van der Waals surface area (Å²) in [6.07, 6.45) is 14.6. The number of rotatable bonds is 12. The Morgan fingerprint density at radius 3 is 1.52 bits per heavy atom. The highest BCUT2D eigenvalue weighted by Crippen LogP contribution is 2.65. The van der Waals surface area contributed by atoms with Gasteiger partial charge in [0.25, 0.3) is 0 Å². The predicted molar refractivity (Wildman–Crippen MR) is 239 cm³/mol. The van der Waals surface area contributed by atoms with E-state index in [2.05, 4.69) is 152 Å². The molecule has 3 aliphatic rings. The van der Waals surface area contributed by atoms with Crippen LogP contribution in [0.1, 0.15) is 200 Å². The summed E-state index contributed by atoms with van der Waals surface area (Å²) in [4.78, 5) is 0. The highest BCUT2D eigenvalue weighted by molar-refractivity contribution is 6.35. The SMILES string of the molecule is [B]c1cc(C(C)(C)C)cc2c1C1=C(C=C(C(C)(C)C)CC1)C21c2cc(C(C)(CC)CCCC(C)C)ccc2-c2ccc(C(C)(CC)CCCC(C)C)cc21. The monoisotopic (exact) mass is 721 g/mol. The smallest absolute Gasteiger partial charge is 0.0887 e. The quantitative estimate of drug-likeness (QED) is 0.163. The second-order valence-corrected chi connectivity index (χ2v) is 21.2. The summed E-state index contributed by atoms with van der Waals surface area (Å²) < 4.78 is 0. The van der Waals surface area contributed by atoms with E-state index < -0.39 is 5.41 Å². The van der Waals surface area contributed by atoms with Crippen molar-refractivity contribution in [2.24, 2.45) is 17.3 Å². The van der Waals surface area contributed by atoms with Crippen molar-refractivity contribution in [3.8, 4) is 11.1 Å². The number of benzene rings is 3. The van der Waals surface area contributed by atoms with Crippen molar-refractivity contribution in [3.63, 3.8) is 0 Å². The van der Waals surface area contributed by atoms with Crippen molar-refractivity contribution in [1.82, 2.24) is 0 Å². The maximum Gasteiger partial charge on any atom is 0.114 e. The van der Waals surface area contributed by atoms with Crippen molar-refractivity contribution >= 4 is 18.9 Å². The second kappa shape index (κ2) is 14.6. The lowest BCUT2D eigenvalue weighted by Gasteiger charge is -2.37. The van der Waals surface area contributed by atoms with Crippen molar-refractivity contribution in [2.75, 3.05) is 0 Å². The van der Waals surface area contributed by atoms with Gasteiger partial charge in [0.1, 0.15) is 7.85 Å². The van der Waals surface area contributed by atoms with Crippen LogP contribution in [0.5, 0.6) is 0 Å². The third-order valence-corrected chi connectivity index (χ3v) is 14.5. The summed E-state index contributed by atoms with van der Waals surface area (Å²) in [5.74, 6) is 1.46. The highest BCUT2D eigenvalue weighted by Gasteiger charge is 2.54. The highest BCUT2D eigenvalue weighted by atomic mass is 14.6. The van der Waals surface area contributed by atoms with Gasteiger partial charge >= 0.3 is 0 Å². The predicted octanol–water partition coefficient (Wildman–Crippen LogP) is 14.6. The van der Waals surface area contributed by atoms with Gasteiger partial charge in [0.15, 0.2) is 0 Å². The third kappa shape index (κ3) is 6.96. The molecule has 54 heavy (non-hydrogen) atoms. The van der Waals surface area contributed by atoms with Crippen LogP contribution in [0.3, 0.4) is 0 Å². The molecule has 0 saturated carbocycles. The number of hydrogen-bond donors (Lipinski definition) is 0. The molecule has 288 valence electrons. The normalized spacial score (nSPS) is 20.2. The van der Waals surface area contributed by atoms with E-state index in [0.29, 0.717) is 0 Å². The second-order valence-electron chi connectivity index (χ2n) is 21.2. The first-order valence-electron chi connectivity index (χ1n) is 21.9. The molecule has 2 atom stereocenters. The van der Waals surface area contributed by atoms with Crippen LogP contribution in [-0.4, -0.2) is 7.85 Å². The Balaban J connectivity index is 1.71. The average Bonchev–Trinajstić information content (AvgIpc) is 3.56. The minimum atomic E-state index is -0.410. The fraction of sp³-hybridized carbons (Fsp3) is 0.585. The van der Waals surface area contributed by atoms with Gasteiger partial charge in [-0.05, 0) is 133 Å². The van der Waals surface area contributed by atoms with Gasteiger partial charge in [-0.3, -0.25) is 0 Å². The molecule has 1 spiro atoms. The summed E-state index contributed by atoms with van der Waals surface area (Å²) in [5.41, 5.74) is 18.3. The van der Waals surface area contributed by atoms with Gasteiger partial charge in [-0.15, -0.1) is 0 Å². The lowest BCUT2D eigenvalue weighted by Crippen LogP contribution is -2.31. The molecule has 0 aliphatic heterocycles. The van der Waals surface area contributed by atoms with Crippen LogP contribution >= 0.6 is 0 Å². The van der Waals surface area contributed by atoms with Crippen molar-refractivity contribution in [3.05, 3.63) is 105 Å². The van der Waals surface area contributed by atoms with Crippen LogP contribution in [0.4, 0.5) is 0 Å². The Hall–Kier alpha value is -2.80.